The number of nitrogens with zero attached hydrogens (tertiary/aromatic N) is 4. The zero-order chi connectivity index (χ0) is 10.1. The van der Waals surface area contributed by atoms with Gasteiger partial charge in [-0.3, -0.25) is 0 Å². The van der Waals surface area contributed by atoms with Crippen molar-refractivity contribution in [1.29, 1.82) is 0 Å². The van der Waals surface area contributed by atoms with Gasteiger partial charge in [-0.05, 0) is 6.42 Å². The lowest BCUT2D eigenvalue weighted by Gasteiger charge is -2.09. The van der Waals surface area contributed by atoms with Gasteiger partial charge in [-0.25, -0.2) is 9.97 Å². The quantitative estimate of drug-likeness (QED) is 0.716. The molecule has 2 aromatic heterocycles. The Balaban J connectivity index is 1.84. The van der Waals surface area contributed by atoms with E-state index in [9.17, 15) is 0 Å². The highest BCUT2D eigenvalue weighted by atomic mass is 16.5. The molecule has 1 unspecified atom stereocenters. The molecule has 0 bridgehead atoms. The molecule has 0 aromatic carbocycles. The number of aromatic amines is 1. The van der Waals surface area contributed by atoms with Gasteiger partial charge >= 0.3 is 0 Å². The predicted octanol–water partition coefficient (Wildman–Crippen LogP) is -0.0513. The van der Waals surface area contributed by atoms with Crippen molar-refractivity contribution in [2.45, 2.75) is 12.5 Å². The molecule has 1 fully saturated rings. The van der Waals surface area contributed by atoms with Gasteiger partial charge in [-0.1, -0.05) is 0 Å². The van der Waals surface area contributed by atoms with E-state index in [4.69, 9.17) is 4.74 Å². The number of hydrogen-bond donors (Lipinski definition) is 2. The number of H-pyrrole nitrogens is 1. The van der Waals surface area contributed by atoms with E-state index in [1.54, 1.807) is 6.20 Å². The highest BCUT2D eigenvalue weighted by molar-refractivity contribution is 5.65. The summed E-state index contributed by atoms with van der Waals surface area (Å²) in [6, 6.07) is 0.323. The fourth-order valence-electron chi connectivity index (χ4n) is 1.57. The number of nitrogens with one attached hydrogen (secondary N) is 2. The smallest absolute Gasteiger partial charge is 0.222 e. The van der Waals surface area contributed by atoms with Gasteiger partial charge in [0.2, 0.25) is 11.3 Å². The van der Waals surface area contributed by atoms with Crippen molar-refractivity contribution in [1.82, 2.24) is 25.4 Å². The maximum atomic E-state index is 5.26. The summed E-state index contributed by atoms with van der Waals surface area (Å²) in [6.45, 7) is 1.52. The van der Waals surface area contributed by atoms with E-state index < -0.39 is 0 Å². The van der Waals surface area contributed by atoms with Crippen molar-refractivity contribution in [3.05, 3.63) is 6.20 Å². The van der Waals surface area contributed by atoms with E-state index >= 15 is 0 Å². The van der Waals surface area contributed by atoms with E-state index in [-0.39, 0.29) is 0 Å². The van der Waals surface area contributed by atoms with Crippen LogP contribution in [0.1, 0.15) is 6.42 Å². The molecule has 78 valence electrons. The zero-order valence-electron chi connectivity index (χ0n) is 7.97. The van der Waals surface area contributed by atoms with E-state index in [1.165, 1.54) is 0 Å². The molecule has 0 aliphatic carbocycles. The van der Waals surface area contributed by atoms with Crippen LogP contribution in [0, 0.1) is 0 Å². The summed E-state index contributed by atoms with van der Waals surface area (Å²) >= 11 is 0. The third-order valence-corrected chi connectivity index (χ3v) is 2.33. The van der Waals surface area contributed by atoms with Crippen LogP contribution in [-0.4, -0.2) is 44.6 Å². The molecule has 0 radical (unpaired) electrons. The first-order valence-corrected chi connectivity index (χ1v) is 4.79. The van der Waals surface area contributed by atoms with Crippen LogP contribution < -0.4 is 5.32 Å². The summed E-state index contributed by atoms with van der Waals surface area (Å²) in [5.41, 5.74) is 1.06. The minimum atomic E-state index is 0.323. The lowest BCUT2D eigenvalue weighted by Crippen LogP contribution is -2.19. The van der Waals surface area contributed by atoms with Crippen molar-refractivity contribution in [2.24, 2.45) is 0 Å². The van der Waals surface area contributed by atoms with E-state index in [2.05, 4.69) is 30.7 Å². The summed E-state index contributed by atoms with van der Waals surface area (Å²) in [5.74, 6) is 0.715. The zero-order valence-corrected chi connectivity index (χ0v) is 7.97. The first kappa shape index (κ1) is 8.54. The van der Waals surface area contributed by atoms with Crippen molar-refractivity contribution in [3.63, 3.8) is 0 Å². The Morgan fingerprint density at radius 1 is 1.40 bits per heavy atom. The summed E-state index contributed by atoms with van der Waals surface area (Å²) in [4.78, 5) is 8.38. The van der Waals surface area contributed by atoms with Gasteiger partial charge < -0.3 is 10.1 Å². The third kappa shape index (κ3) is 1.61. The number of rotatable bonds is 2. The Hall–Kier alpha value is -1.76. The molecule has 2 aromatic rings. The number of fused-ring (bicyclic) bond motifs is 1. The lowest BCUT2D eigenvalue weighted by molar-refractivity contribution is 0.195. The molecule has 3 rings (SSSR count). The third-order valence-electron chi connectivity index (χ3n) is 2.33. The molecule has 7 nitrogen and oxygen atoms in total. The normalized spacial score (nSPS) is 20.9. The van der Waals surface area contributed by atoms with Crippen LogP contribution in [0.15, 0.2) is 6.20 Å². The average Bonchev–Trinajstić information content (AvgIpc) is 2.87. The van der Waals surface area contributed by atoms with Gasteiger partial charge in [0.25, 0.3) is 0 Å². The largest absolute Gasteiger partial charge is 0.379 e. The maximum Gasteiger partial charge on any atom is 0.222 e. The standard InChI is InChI=1S/C8H10N6O/c1-2-15-4-5(1)10-6-3-9-7-8(11-6)13-14-12-7/h3,5H,1-2,4H2,(H2,9,10,11,12,13,14). The Bertz CT molecular complexity index is 463. The Morgan fingerprint density at radius 2 is 2.33 bits per heavy atom. The Morgan fingerprint density at radius 3 is 3.20 bits per heavy atom. The first-order chi connectivity index (χ1) is 7.42. The van der Waals surface area contributed by atoms with Crippen molar-refractivity contribution in [3.8, 4) is 0 Å². The molecule has 2 N–H and O–H groups in total. The molecular weight excluding hydrogens is 196 g/mol. The van der Waals surface area contributed by atoms with Crippen molar-refractivity contribution >= 4 is 17.1 Å². The molecular formula is C8H10N6O. The van der Waals surface area contributed by atoms with Crippen LogP contribution in [0.5, 0.6) is 0 Å². The number of ether oxygens (including phenoxy) is 1. The molecule has 1 aliphatic rings. The number of anilines is 1. The number of hydrogen-bond acceptors (Lipinski definition) is 6. The van der Waals surface area contributed by atoms with Crippen LogP contribution in [0.2, 0.25) is 0 Å². The van der Waals surface area contributed by atoms with Crippen LogP contribution in [0.4, 0.5) is 5.82 Å². The first-order valence-electron chi connectivity index (χ1n) is 4.79. The van der Waals surface area contributed by atoms with Gasteiger partial charge in [0, 0.05) is 6.61 Å². The van der Waals surface area contributed by atoms with Crippen LogP contribution in [0.25, 0.3) is 11.3 Å². The monoisotopic (exact) mass is 206 g/mol. The van der Waals surface area contributed by atoms with Crippen LogP contribution >= 0.6 is 0 Å². The SMILES string of the molecule is c1nc2n[nH]nc2nc1NC1CCOC1. The summed E-state index contributed by atoms with van der Waals surface area (Å²) in [5, 5.41) is 13.4. The van der Waals surface area contributed by atoms with Crippen LogP contribution in [-0.2, 0) is 4.74 Å². The second-order valence-corrected chi connectivity index (χ2v) is 3.43. The van der Waals surface area contributed by atoms with Gasteiger partial charge in [-0.15, -0.1) is 10.2 Å². The summed E-state index contributed by atoms with van der Waals surface area (Å²) in [7, 11) is 0. The summed E-state index contributed by atoms with van der Waals surface area (Å²) < 4.78 is 5.26. The van der Waals surface area contributed by atoms with Crippen molar-refractivity contribution < 1.29 is 4.74 Å². The van der Waals surface area contributed by atoms with Gasteiger partial charge in [0.1, 0.15) is 5.82 Å². The predicted molar refractivity (Wildman–Crippen MR) is 52.3 cm³/mol. The van der Waals surface area contributed by atoms with E-state index in [0.717, 1.165) is 19.6 Å². The fourth-order valence-corrected chi connectivity index (χ4v) is 1.57. The summed E-state index contributed by atoms with van der Waals surface area (Å²) in [6.07, 6.45) is 2.65. The molecule has 7 heteroatoms. The van der Waals surface area contributed by atoms with Gasteiger partial charge in [0.05, 0.1) is 18.8 Å². The maximum absolute atomic E-state index is 5.26. The molecule has 15 heavy (non-hydrogen) atoms. The molecule has 1 aliphatic heterocycles. The Kier molecular flexibility index (Phi) is 1.95. The highest BCUT2D eigenvalue weighted by Gasteiger charge is 2.16. The molecule has 3 heterocycles. The second kappa shape index (κ2) is 3.43. The fraction of sp³-hybridized carbons (Fsp3) is 0.500. The van der Waals surface area contributed by atoms with Gasteiger partial charge in [-0.2, -0.15) is 5.21 Å². The molecule has 1 saturated heterocycles. The van der Waals surface area contributed by atoms with E-state index in [0.29, 0.717) is 23.2 Å². The average molecular weight is 206 g/mol. The molecule has 1 atom stereocenters. The molecule has 0 spiro atoms. The minimum absolute atomic E-state index is 0.323. The van der Waals surface area contributed by atoms with Gasteiger partial charge in [0.15, 0.2) is 0 Å². The molecule has 0 saturated carbocycles. The topological polar surface area (TPSA) is 88.6 Å². The number of aromatic nitrogens is 5. The molecule has 0 amide bonds. The minimum Gasteiger partial charge on any atom is -0.379 e. The van der Waals surface area contributed by atoms with E-state index in [1.807, 2.05) is 0 Å². The highest BCUT2D eigenvalue weighted by Crippen LogP contribution is 2.12. The van der Waals surface area contributed by atoms with Crippen LogP contribution in [0.3, 0.4) is 0 Å². The Labute approximate surface area is 85.3 Å². The lowest BCUT2D eigenvalue weighted by atomic mass is 10.3. The second-order valence-electron chi connectivity index (χ2n) is 3.43. The van der Waals surface area contributed by atoms with Crippen molar-refractivity contribution in [2.75, 3.05) is 18.5 Å².